The van der Waals surface area contributed by atoms with Crippen molar-refractivity contribution in [2.45, 2.75) is 6.61 Å². The van der Waals surface area contributed by atoms with Crippen molar-refractivity contribution in [3.05, 3.63) is 125 Å². The van der Waals surface area contributed by atoms with Crippen LogP contribution in [0.5, 0.6) is 0 Å². The van der Waals surface area contributed by atoms with Crippen molar-refractivity contribution in [2.75, 3.05) is 0 Å². The molecule has 0 fully saturated rings. The van der Waals surface area contributed by atoms with Crippen LogP contribution in [0.2, 0.25) is 0 Å². The molecule has 0 unspecified atom stereocenters. The van der Waals surface area contributed by atoms with E-state index in [0.717, 1.165) is 22.5 Å². The number of benzene rings is 3. The van der Waals surface area contributed by atoms with Crippen LogP contribution < -0.4 is 0 Å². The van der Waals surface area contributed by atoms with E-state index in [1.807, 2.05) is 66.9 Å². The topological polar surface area (TPSA) is 118 Å². The third kappa shape index (κ3) is 5.33. The predicted molar refractivity (Wildman–Crippen MR) is 136 cm³/mol. The monoisotopic (exact) mass is 492 g/mol. The Kier molecular flexibility index (Phi) is 6.62. The summed E-state index contributed by atoms with van der Waals surface area (Å²) in [7, 11) is 0. The lowest BCUT2D eigenvalue weighted by atomic mass is 10.1. The highest BCUT2D eigenvalue weighted by Crippen LogP contribution is 2.25. The number of nitrogens with zero attached hydrogens (tertiary/aromatic N) is 6. The average molecular weight is 492 g/mol. The molecular weight excluding hydrogens is 472 g/mol. The molecule has 3 aromatic carbocycles. The van der Waals surface area contributed by atoms with Gasteiger partial charge in [-0.2, -0.15) is 5.10 Å². The van der Waals surface area contributed by atoms with E-state index in [9.17, 15) is 14.9 Å². The van der Waals surface area contributed by atoms with Crippen LogP contribution in [-0.2, 0) is 16.1 Å². The predicted octanol–water partition coefficient (Wildman–Crippen LogP) is 4.78. The SMILES string of the molecule is O=C(/C=C/c1cn(-c2ccccc2)nc1-c1ccccc1)OCc1cn(-c2ccccc2[N+](=O)[O-])nn1. The first kappa shape index (κ1) is 23.4. The summed E-state index contributed by atoms with van der Waals surface area (Å²) in [5.41, 5.74) is 3.78. The second kappa shape index (κ2) is 10.5. The highest BCUT2D eigenvalue weighted by atomic mass is 16.6. The van der Waals surface area contributed by atoms with Gasteiger partial charge >= 0.3 is 5.97 Å². The summed E-state index contributed by atoms with van der Waals surface area (Å²) in [5.74, 6) is -0.577. The first-order valence-electron chi connectivity index (χ1n) is 11.3. The molecule has 0 saturated carbocycles. The minimum Gasteiger partial charge on any atom is -0.456 e. The fraction of sp³-hybridized carbons (Fsp3) is 0.0370. The first-order valence-corrected chi connectivity index (χ1v) is 11.3. The van der Waals surface area contributed by atoms with Gasteiger partial charge in [0.2, 0.25) is 0 Å². The number of hydrogen-bond donors (Lipinski definition) is 0. The number of aromatic nitrogens is 5. The molecule has 0 amide bonds. The second-order valence-corrected chi connectivity index (χ2v) is 7.92. The van der Waals surface area contributed by atoms with Crippen LogP contribution in [0.3, 0.4) is 0 Å². The smallest absolute Gasteiger partial charge is 0.331 e. The Labute approximate surface area is 211 Å². The van der Waals surface area contributed by atoms with Crippen LogP contribution in [0, 0.1) is 10.1 Å². The average Bonchev–Trinajstić information content (AvgIpc) is 3.59. The molecule has 0 aliphatic heterocycles. The third-order valence-electron chi connectivity index (χ3n) is 5.44. The van der Waals surface area contributed by atoms with Gasteiger partial charge in [-0.15, -0.1) is 5.10 Å². The second-order valence-electron chi connectivity index (χ2n) is 7.92. The van der Waals surface area contributed by atoms with Crippen LogP contribution in [0.4, 0.5) is 5.69 Å². The van der Waals surface area contributed by atoms with Gasteiger partial charge in [0, 0.05) is 29.5 Å². The first-order chi connectivity index (χ1) is 18.1. The zero-order chi connectivity index (χ0) is 25.6. The van der Waals surface area contributed by atoms with Gasteiger partial charge in [0.25, 0.3) is 5.69 Å². The van der Waals surface area contributed by atoms with E-state index in [2.05, 4.69) is 10.3 Å². The van der Waals surface area contributed by atoms with Crippen LogP contribution in [0.25, 0.3) is 28.7 Å². The lowest BCUT2D eigenvalue weighted by molar-refractivity contribution is -0.384. The summed E-state index contributed by atoms with van der Waals surface area (Å²) < 4.78 is 8.35. The molecular formula is C27H20N6O4. The fourth-order valence-electron chi connectivity index (χ4n) is 3.69. The highest BCUT2D eigenvalue weighted by Gasteiger charge is 2.16. The molecule has 0 aliphatic carbocycles. The standard InChI is InChI=1S/C27H20N6O4/c34-26(37-19-22-18-32(30-28-22)24-13-7-8-14-25(24)33(35)36)16-15-21-17-31(23-11-5-2-6-12-23)29-27(21)20-9-3-1-4-10-20/h1-18H,19H2/b16-15+. The molecule has 0 bridgehead atoms. The zero-order valence-corrected chi connectivity index (χ0v) is 19.4. The molecule has 0 atom stereocenters. The molecule has 0 spiro atoms. The molecule has 10 heteroatoms. The van der Waals surface area contributed by atoms with Crippen molar-refractivity contribution < 1.29 is 14.5 Å². The summed E-state index contributed by atoms with van der Waals surface area (Å²) in [6, 6.07) is 25.5. The quantitative estimate of drug-likeness (QED) is 0.132. The Morgan fingerprint density at radius 1 is 0.919 bits per heavy atom. The summed E-state index contributed by atoms with van der Waals surface area (Å²) in [6.45, 7) is -0.140. The zero-order valence-electron chi connectivity index (χ0n) is 19.4. The van der Waals surface area contributed by atoms with Gasteiger partial charge in [-0.3, -0.25) is 10.1 Å². The number of nitro groups is 1. The number of para-hydroxylation sites is 3. The van der Waals surface area contributed by atoms with Gasteiger partial charge < -0.3 is 4.74 Å². The van der Waals surface area contributed by atoms with Crippen molar-refractivity contribution in [1.82, 2.24) is 24.8 Å². The lowest BCUT2D eigenvalue weighted by Gasteiger charge is -2.01. The van der Waals surface area contributed by atoms with Gasteiger partial charge in [0.05, 0.1) is 22.5 Å². The Morgan fingerprint density at radius 2 is 1.62 bits per heavy atom. The molecule has 5 rings (SSSR count). The molecule has 0 aliphatic rings. The van der Waals surface area contributed by atoms with Crippen LogP contribution in [0.15, 0.2) is 103 Å². The number of nitro benzene ring substituents is 1. The van der Waals surface area contributed by atoms with E-state index in [1.54, 1.807) is 29.0 Å². The Morgan fingerprint density at radius 3 is 2.38 bits per heavy atom. The molecule has 0 N–H and O–H groups in total. The van der Waals surface area contributed by atoms with Gasteiger partial charge in [-0.05, 0) is 24.3 Å². The van der Waals surface area contributed by atoms with E-state index in [1.165, 1.54) is 23.0 Å². The molecule has 0 radical (unpaired) electrons. The maximum absolute atomic E-state index is 12.5. The summed E-state index contributed by atoms with van der Waals surface area (Å²) in [6.07, 6.45) is 6.31. The van der Waals surface area contributed by atoms with Crippen molar-refractivity contribution >= 4 is 17.7 Å². The van der Waals surface area contributed by atoms with Gasteiger partial charge in [0.1, 0.15) is 18.0 Å². The number of carbonyl (C=O) groups is 1. The minimum atomic E-state index is -0.577. The number of ether oxygens (including phenoxy) is 1. The Balaban J connectivity index is 1.31. The van der Waals surface area contributed by atoms with Gasteiger partial charge in [-0.1, -0.05) is 65.9 Å². The molecule has 182 valence electrons. The Hall–Kier alpha value is -5.38. The van der Waals surface area contributed by atoms with E-state index in [-0.39, 0.29) is 18.0 Å². The van der Waals surface area contributed by atoms with Crippen LogP contribution in [-0.4, -0.2) is 35.7 Å². The largest absolute Gasteiger partial charge is 0.456 e. The number of rotatable bonds is 8. The van der Waals surface area contributed by atoms with Crippen LogP contribution in [0.1, 0.15) is 11.3 Å². The van der Waals surface area contributed by atoms with Crippen molar-refractivity contribution in [1.29, 1.82) is 0 Å². The van der Waals surface area contributed by atoms with Crippen LogP contribution >= 0.6 is 0 Å². The number of hydrogen-bond acceptors (Lipinski definition) is 7. The van der Waals surface area contributed by atoms with Crippen molar-refractivity contribution in [2.24, 2.45) is 0 Å². The van der Waals surface area contributed by atoms with E-state index in [4.69, 9.17) is 9.84 Å². The van der Waals surface area contributed by atoms with Gasteiger partial charge in [-0.25, -0.2) is 14.2 Å². The fourth-order valence-corrected chi connectivity index (χ4v) is 3.69. The maximum Gasteiger partial charge on any atom is 0.331 e. The molecule has 0 saturated heterocycles. The normalized spacial score (nSPS) is 11.0. The molecule has 5 aromatic rings. The summed E-state index contributed by atoms with van der Waals surface area (Å²) >= 11 is 0. The van der Waals surface area contributed by atoms with Crippen molar-refractivity contribution in [3.63, 3.8) is 0 Å². The van der Waals surface area contributed by atoms with E-state index >= 15 is 0 Å². The summed E-state index contributed by atoms with van der Waals surface area (Å²) in [5, 5.41) is 23.9. The maximum atomic E-state index is 12.5. The van der Waals surface area contributed by atoms with Gasteiger partial charge in [0.15, 0.2) is 0 Å². The van der Waals surface area contributed by atoms with Crippen molar-refractivity contribution in [3.8, 4) is 22.6 Å². The third-order valence-corrected chi connectivity index (χ3v) is 5.44. The molecule has 2 aromatic heterocycles. The molecule has 2 heterocycles. The van der Waals surface area contributed by atoms with E-state index in [0.29, 0.717) is 5.69 Å². The molecule has 10 nitrogen and oxygen atoms in total. The summed E-state index contributed by atoms with van der Waals surface area (Å²) in [4.78, 5) is 23.2. The Bertz CT molecular complexity index is 1580. The molecule has 37 heavy (non-hydrogen) atoms. The number of esters is 1. The number of carbonyl (C=O) groups excluding carboxylic acids is 1. The lowest BCUT2D eigenvalue weighted by Crippen LogP contribution is -2.01. The van der Waals surface area contributed by atoms with E-state index < -0.39 is 10.9 Å². The minimum absolute atomic E-state index is 0.107. The highest BCUT2D eigenvalue weighted by molar-refractivity contribution is 5.88.